The second kappa shape index (κ2) is 9.25. The molecule has 4 aromatic heterocycles. The maximum absolute atomic E-state index is 11.8. The fraction of sp³-hybridized carbons (Fsp3) is 0.481. The highest BCUT2D eigenvalue weighted by atomic mass is 28.3. The summed E-state index contributed by atoms with van der Waals surface area (Å²) in [6.07, 6.45) is 12.8. The Labute approximate surface area is 217 Å². The highest BCUT2D eigenvalue weighted by molar-refractivity contribution is 6.76. The Morgan fingerprint density at radius 2 is 1.84 bits per heavy atom. The van der Waals surface area contributed by atoms with E-state index in [2.05, 4.69) is 44.7 Å². The van der Waals surface area contributed by atoms with Gasteiger partial charge in [-0.15, -0.1) is 0 Å². The molecule has 10 heteroatoms. The number of aliphatic carboxylic acids is 1. The summed E-state index contributed by atoms with van der Waals surface area (Å²) in [4.78, 5) is 28.4. The van der Waals surface area contributed by atoms with Crippen LogP contribution in [-0.4, -0.2) is 61.8 Å². The lowest BCUT2D eigenvalue weighted by Crippen LogP contribution is -2.46. The number of nitrogens with zero attached hydrogens (tertiary/aromatic N) is 6. The Kier molecular flexibility index (Phi) is 6.03. The lowest BCUT2D eigenvalue weighted by molar-refractivity contribution is -0.142. The van der Waals surface area contributed by atoms with Crippen LogP contribution in [0.25, 0.3) is 27.8 Å². The fourth-order valence-corrected chi connectivity index (χ4v) is 6.72. The second-order valence-electron chi connectivity index (χ2n) is 11.6. The molecule has 4 aromatic rings. The maximum atomic E-state index is 11.8. The first-order chi connectivity index (χ1) is 17.8. The van der Waals surface area contributed by atoms with Crippen molar-refractivity contribution in [3.8, 4) is 11.1 Å². The van der Waals surface area contributed by atoms with Crippen molar-refractivity contribution < 1.29 is 14.6 Å². The summed E-state index contributed by atoms with van der Waals surface area (Å²) in [6, 6.07) is 5.47. The van der Waals surface area contributed by atoms with Crippen LogP contribution >= 0.6 is 0 Å². The van der Waals surface area contributed by atoms with Crippen LogP contribution < -0.4 is 4.90 Å². The van der Waals surface area contributed by atoms with Crippen molar-refractivity contribution in [2.45, 2.75) is 70.2 Å². The van der Waals surface area contributed by atoms with Crippen molar-refractivity contribution in [3.05, 3.63) is 43.1 Å². The van der Waals surface area contributed by atoms with Crippen molar-refractivity contribution >= 4 is 36.7 Å². The largest absolute Gasteiger partial charge is 0.481 e. The van der Waals surface area contributed by atoms with Crippen molar-refractivity contribution in [1.82, 2.24) is 23.9 Å². The predicted molar refractivity (Wildman–Crippen MR) is 145 cm³/mol. The molecule has 194 valence electrons. The lowest BCUT2D eigenvalue weighted by Gasteiger charge is -2.38. The van der Waals surface area contributed by atoms with Crippen molar-refractivity contribution in [2.24, 2.45) is 5.92 Å². The number of carbonyl (C=O) groups is 1. The first kappa shape index (κ1) is 24.1. The number of anilines is 1. The normalized spacial score (nSPS) is 21.8. The number of ether oxygens (including phenoxy) is 1. The molecule has 2 saturated heterocycles. The minimum atomic E-state index is -1.20. The van der Waals surface area contributed by atoms with Gasteiger partial charge >= 0.3 is 5.97 Å². The van der Waals surface area contributed by atoms with E-state index in [1.807, 2.05) is 24.5 Å². The average molecular weight is 519 g/mol. The van der Waals surface area contributed by atoms with Crippen molar-refractivity contribution in [3.63, 3.8) is 0 Å². The van der Waals surface area contributed by atoms with Gasteiger partial charge in [-0.1, -0.05) is 19.6 Å². The summed E-state index contributed by atoms with van der Waals surface area (Å²) in [5.74, 6) is -0.115. The molecule has 2 fully saturated rings. The number of hydrogen-bond donors (Lipinski definition) is 1. The highest BCUT2D eigenvalue weighted by Crippen LogP contribution is 2.43. The first-order valence-electron chi connectivity index (χ1n) is 13.2. The van der Waals surface area contributed by atoms with Crippen molar-refractivity contribution in [1.29, 1.82) is 0 Å². The summed E-state index contributed by atoms with van der Waals surface area (Å²) in [6.45, 7) is 8.21. The van der Waals surface area contributed by atoms with Crippen LogP contribution in [0, 0.1) is 5.92 Å². The fourth-order valence-electron chi connectivity index (χ4n) is 5.96. The van der Waals surface area contributed by atoms with E-state index in [9.17, 15) is 9.90 Å². The Morgan fingerprint density at radius 1 is 1.11 bits per heavy atom. The van der Waals surface area contributed by atoms with Gasteiger partial charge in [-0.25, -0.2) is 4.98 Å². The third-order valence-electron chi connectivity index (χ3n) is 7.87. The van der Waals surface area contributed by atoms with Crippen LogP contribution in [0.2, 0.25) is 25.7 Å². The quantitative estimate of drug-likeness (QED) is 0.262. The van der Waals surface area contributed by atoms with E-state index in [4.69, 9.17) is 14.7 Å². The van der Waals surface area contributed by atoms with Crippen LogP contribution in [0.1, 0.15) is 25.7 Å². The Bertz CT molecular complexity index is 1430. The summed E-state index contributed by atoms with van der Waals surface area (Å²) in [5.41, 5.74) is 3.80. The predicted octanol–water partition coefficient (Wildman–Crippen LogP) is 4.89. The van der Waals surface area contributed by atoms with Crippen LogP contribution in [0.5, 0.6) is 0 Å². The molecular formula is C27H34N6O3Si. The molecule has 3 atom stereocenters. The summed E-state index contributed by atoms with van der Waals surface area (Å²) >= 11 is 0. The van der Waals surface area contributed by atoms with Gasteiger partial charge in [0.1, 0.15) is 12.4 Å². The molecule has 6 rings (SSSR count). The third kappa shape index (κ3) is 4.42. The Hall–Kier alpha value is -3.24. The second-order valence-corrected chi connectivity index (χ2v) is 17.2. The number of piperidine rings is 1. The van der Waals surface area contributed by atoms with Crippen LogP contribution in [0.3, 0.4) is 0 Å². The molecule has 0 amide bonds. The molecule has 6 heterocycles. The zero-order chi connectivity index (χ0) is 25.7. The minimum absolute atomic E-state index is 0.173. The summed E-state index contributed by atoms with van der Waals surface area (Å²) in [7, 11) is -1.20. The highest BCUT2D eigenvalue weighted by Gasteiger charge is 2.44. The first-order valence-corrected chi connectivity index (χ1v) is 16.9. The van der Waals surface area contributed by atoms with Gasteiger partial charge in [-0.05, 0) is 49.4 Å². The molecule has 0 aliphatic carbocycles. The lowest BCUT2D eigenvalue weighted by atomic mass is 9.91. The molecule has 1 N–H and O–H groups in total. The molecule has 0 radical (unpaired) electrons. The van der Waals surface area contributed by atoms with E-state index in [1.165, 1.54) is 0 Å². The number of aromatic nitrogens is 5. The number of rotatable bonds is 8. The molecule has 0 aromatic carbocycles. The van der Waals surface area contributed by atoms with E-state index >= 15 is 0 Å². The molecule has 9 nitrogen and oxygen atoms in total. The summed E-state index contributed by atoms with van der Waals surface area (Å²) < 4.78 is 10.3. The number of pyridine rings is 1. The smallest absolute Gasteiger partial charge is 0.306 e. The van der Waals surface area contributed by atoms with Gasteiger partial charge < -0.3 is 19.3 Å². The van der Waals surface area contributed by atoms with Crippen molar-refractivity contribution in [2.75, 3.05) is 11.5 Å². The van der Waals surface area contributed by atoms with E-state index in [1.54, 1.807) is 12.4 Å². The number of fused-ring (bicyclic) bond motifs is 5. The zero-order valence-corrected chi connectivity index (χ0v) is 22.7. The number of carboxylic acids is 1. The minimum Gasteiger partial charge on any atom is -0.481 e. The number of carboxylic acid groups (broad SMARTS) is 1. The van der Waals surface area contributed by atoms with Crippen LogP contribution in [0.4, 0.5) is 5.95 Å². The molecule has 2 aliphatic rings. The van der Waals surface area contributed by atoms with E-state index in [0.717, 1.165) is 59.2 Å². The van der Waals surface area contributed by atoms with E-state index in [0.29, 0.717) is 19.6 Å². The van der Waals surface area contributed by atoms with Gasteiger partial charge in [0.05, 0.1) is 11.3 Å². The average Bonchev–Trinajstić information content (AvgIpc) is 3.55. The van der Waals surface area contributed by atoms with E-state index < -0.39 is 14.0 Å². The summed E-state index contributed by atoms with van der Waals surface area (Å²) in [5, 5.41) is 10.7. The number of hydrogen-bond acceptors (Lipinski definition) is 6. The molecule has 1 unspecified atom stereocenters. The maximum Gasteiger partial charge on any atom is 0.306 e. The van der Waals surface area contributed by atoms with Gasteiger partial charge in [-0.2, -0.15) is 4.98 Å². The third-order valence-corrected chi connectivity index (χ3v) is 9.57. The molecule has 2 bridgehead atoms. The van der Waals surface area contributed by atoms with Gasteiger partial charge in [0.15, 0.2) is 5.65 Å². The van der Waals surface area contributed by atoms with Gasteiger partial charge in [0, 0.05) is 63.3 Å². The number of imidazole rings is 1. The topological polar surface area (TPSA) is 97.8 Å². The molecular weight excluding hydrogens is 484 g/mol. The van der Waals surface area contributed by atoms with Gasteiger partial charge in [-0.3, -0.25) is 14.2 Å². The van der Waals surface area contributed by atoms with E-state index in [-0.39, 0.29) is 18.0 Å². The SMILES string of the molecule is C[Si](C)(C)CCOCn1cc(-c2ccncc2)c2c1nc(N1[C@@H]3CC[C@H]1CC(C(=O)O)C3)n1ccnc21. The Balaban J connectivity index is 1.46. The molecule has 0 spiro atoms. The van der Waals surface area contributed by atoms with Crippen LogP contribution in [0.15, 0.2) is 43.1 Å². The molecule has 0 saturated carbocycles. The van der Waals surface area contributed by atoms with Crippen LogP contribution in [-0.2, 0) is 16.3 Å². The molecule has 2 aliphatic heterocycles. The van der Waals surface area contributed by atoms with Gasteiger partial charge in [0.2, 0.25) is 5.95 Å². The standard InChI is InChI=1S/C27H34N6O3Si/c1-37(2,3)13-12-36-17-31-16-22(18-6-8-28-9-7-18)23-24-29-10-11-32(24)27(30-25(23)31)33-20-4-5-21(33)15-19(14-20)26(34)35/h6-11,16,19-21H,4-5,12-15,17H2,1-3H3,(H,34,35)/t19?,20-,21+. The molecule has 37 heavy (non-hydrogen) atoms. The zero-order valence-electron chi connectivity index (χ0n) is 21.7. The Morgan fingerprint density at radius 3 is 2.51 bits per heavy atom. The monoisotopic (exact) mass is 518 g/mol. The van der Waals surface area contributed by atoms with Gasteiger partial charge in [0.25, 0.3) is 0 Å².